The summed E-state index contributed by atoms with van der Waals surface area (Å²) < 4.78 is 26.4. The summed E-state index contributed by atoms with van der Waals surface area (Å²) in [6, 6.07) is 24.2. The van der Waals surface area contributed by atoms with E-state index in [9.17, 15) is 23.4 Å². The van der Waals surface area contributed by atoms with Gasteiger partial charge in [0.15, 0.2) is 0 Å². The molecule has 4 aromatic carbocycles. The number of aliphatic hydroxyl groups excluding tert-OH is 1. The quantitative estimate of drug-likeness (QED) is 0.215. The normalized spacial score (nSPS) is 12.0. The molecule has 1 atom stereocenters. The summed E-state index contributed by atoms with van der Waals surface area (Å²) in [7, 11) is -3.82. The van der Waals surface area contributed by atoms with E-state index in [0.29, 0.717) is 35.7 Å². The number of carbonyl (C=O) groups excluding carboxylic acids is 1. The zero-order valence-corrected chi connectivity index (χ0v) is 25.4. The van der Waals surface area contributed by atoms with Crippen molar-refractivity contribution < 1.29 is 53.0 Å². The standard InChI is InChI=1S/C29H25Cl2NO5S.Na/c30-23-6-2-4-21(16-23)28(33)18-32-14-13-19-7-9-24(10-8-19)38(36,37)25-11-12-26(27(31)17-25)20-3-1-5-22(15-20)29(34)35;/h1-12,15-17,28,32-33H,13-14,18H2,(H,34,35);/q;+1/p-1/t28-;/m0./s1. The Bertz CT molecular complexity index is 1560. The van der Waals surface area contributed by atoms with Gasteiger partial charge in [0.05, 0.1) is 21.9 Å². The first-order valence-corrected chi connectivity index (χ1v) is 14.0. The van der Waals surface area contributed by atoms with Crippen LogP contribution in [0.5, 0.6) is 0 Å². The number of halogens is 2. The molecule has 6 nitrogen and oxygen atoms in total. The van der Waals surface area contributed by atoms with Crippen LogP contribution in [0.4, 0.5) is 0 Å². The fraction of sp³-hybridized carbons (Fsp3) is 0.138. The SMILES string of the molecule is O=C([O-])c1cccc(-c2ccc(S(=O)(=O)c3ccc(CCNC[C@H](O)c4cccc(Cl)c4)cc3)cc2Cl)c1.[Na+]. The van der Waals surface area contributed by atoms with Gasteiger partial charge in [-0.1, -0.05) is 71.7 Å². The van der Waals surface area contributed by atoms with E-state index in [2.05, 4.69) is 5.32 Å². The molecule has 0 spiro atoms. The summed E-state index contributed by atoms with van der Waals surface area (Å²) in [4.78, 5) is 11.3. The summed E-state index contributed by atoms with van der Waals surface area (Å²) in [5.74, 6) is -1.31. The summed E-state index contributed by atoms with van der Waals surface area (Å²) in [5, 5.41) is 25.4. The molecule has 0 aliphatic heterocycles. The van der Waals surface area contributed by atoms with Crippen LogP contribution < -0.4 is 40.0 Å². The van der Waals surface area contributed by atoms with Crippen LogP contribution in [0.1, 0.15) is 27.6 Å². The van der Waals surface area contributed by atoms with Crippen molar-refractivity contribution in [2.24, 2.45) is 0 Å². The molecule has 0 aromatic heterocycles. The Labute approximate surface area is 259 Å². The number of carboxylic acid groups (broad SMARTS) is 1. The third-order valence-electron chi connectivity index (χ3n) is 6.06. The molecule has 2 N–H and O–H groups in total. The van der Waals surface area contributed by atoms with Gasteiger partial charge in [-0.2, -0.15) is 0 Å². The van der Waals surface area contributed by atoms with Crippen molar-refractivity contribution in [2.45, 2.75) is 22.3 Å². The molecular formula is C29H24Cl2NNaO5S. The molecule has 10 heteroatoms. The van der Waals surface area contributed by atoms with Gasteiger partial charge in [-0.05, 0) is 77.7 Å². The molecule has 0 saturated carbocycles. The van der Waals surface area contributed by atoms with Crippen LogP contribution >= 0.6 is 23.2 Å². The second-order valence-electron chi connectivity index (χ2n) is 8.68. The Hall–Kier alpha value is -2.20. The average Bonchev–Trinajstić information content (AvgIpc) is 2.91. The largest absolute Gasteiger partial charge is 1.00 e. The molecule has 0 unspecified atom stereocenters. The van der Waals surface area contributed by atoms with Gasteiger partial charge in [0.1, 0.15) is 0 Å². The number of hydrogen-bond acceptors (Lipinski definition) is 6. The number of nitrogens with one attached hydrogen (secondary N) is 1. The van der Waals surface area contributed by atoms with E-state index in [1.54, 1.807) is 60.7 Å². The van der Waals surface area contributed by atoms with Crippen molar-refractivity contribution in [1.82, 2.24) is 5.32 Å². The third kappa shape index (κ3) is 7.93. The Morgan fingerprint density at radius 1 is 0.897 bits per heavy atom. The van der Waals surface area contributed by atoms with Crippen molar-refractivity contribution >= 4 is 39.0 Å². The molecule has 0 heterocycles. The maximum atomic E-state index is 13.2. The average molecular weight is 592 g/mol. The van der Waals surface area contributed by atoms with E-state index in [1.807, 2.05) is 6.07 Å². The van der Waals surface area contributed by atoms with Crippen LogP contribution in [0.3, 0.4) is 0 Å². The summed E-state index contributed by atoms with van der Waals surface area (Å²) in [6.07, 6.45) is -0.0360. The minimum atomic E-state index is -3.82. The van der Waals surface area contributed by atoms with Gasteiger partial charge in [-0.3, -0.25) is 0 Å². The van der Waals surface area contributed by atoms with Gasteiger partial charge in [0.25, 0.3) is 0 Å². The van der Waals surface area contributed by atoms with Gasteiger partial charge < -0.3 is 20.3 Å². The van der Waals surface area contributed by atoms with Gasteiger partial charge in [-0.25, -0.2) is 8.42 Å². The summed E-state index contributed by atoms with van der Waals surface area (Å²) in [5.41, 5.74) is 2.73. The van der Waals surface area contributed by atoms with Crippen LogP contribution in [0.25, 0.3) is 11.1 Å². The van der Waals surface area contributed by atoms with Crippen LogP contribution in [-0.2, 0) is 16.3 Å². The molecule has 0 radical (unpaired) electrons. The predicted molar refractivity (Wildman–Crippen MR) is 146 cm³/mol. The molecule has 0 saturated heterocycles. The van der Waals surface area contributed by atoms with E-state index >= 15 is 0 Å². The second-order valence-corrected chi connectivity index (χ2v) is 11.5. The number of carboxylic acids is 1. The Morgan fingerprint density at radius 3 is 2.26 bits per heavy atom. The molecule has 196 valence electrons. The molecule has 4 rings (SSSR count). The van der Waals surface area contributed by atoms with Crippen molar-refractivity contribution in [3.8, 4) is 11.1 Å². The molecule has 0 aliphatic carbocycles. The zero-order valence-electron chi connectivity index (χ0n) is 21.1. The first kappa shape index (κ1) is 31.3. The van der Waals surface area contributed by atoms with Crippen LogP contribution in [0.15, 0.2) is 101 Å². The second kappa shape index (κ2) is 13.9. The van der Waals surface area contributed by atoms with Crippen LogP contribution in [0, 0.1) is 0 Å². The first-order chi connectivity index (χ1) is 18.1. The maximum absolute atomic E-state index is 13.2. The minimum Gasteiger partial charge on any atom is -0.545 e. The zero-order chi connectivity index (χ0) is 27.3. The Morgan fingerprint density at radius 2 is 1.59 bits per heavy atom. The molecule has 0 bridgehead atoms. The van der Waals surface area contributed by atoms with Crippen molar-refractivity contribution in [3.05, 3.63) is 118 Å². The number of aromatic carboxylic acids is 1. The number of benzene rings is 4. The minimum absolute atomic E-state index is 0. The smallest absolute Gasteiger partial charge is 0.545 e. The van der Waals surface area contributed by atoms with Gasteiger partial charge >= 0.3 is 29.6 Å². The van der Waals surface area contributed by atoms with Crippen molar-refractivity contribution in [2.75, 3.05) is 13.1 Å². The number of carbonyl (C=O) groups is 1. The van der Waals surface area contributed by atoms with Crippen LogP contribution in [-0.4, -0.2) is 32.6 Å². The van der Waals surface area contributed by atoms with Gasteiger partial charge in [0, 0.05) is 22.2 Å². The molecule has 0 fully saturated rings. The number of hydrogen-bond donors (Lipinski definition) is 2. The molecular weight excluding hydrogens is 568 g/mol. The van der Waals surface area contributed by atoms with Crippen LogP contribution in [0.2, 0.25) is 10.0 Å². The molecule has 39 heavy (non-hydrogen) atoms. The number of rotatable bonds is 10. The fourth-order valence-electron chi connectivity index (χ4n) is 3.99. The van der Waals surface area contributed by atoms with Gasteiger partial charge in [0.2, 0.25) is 9.84 Å². The van der Waals surface area contributed by atoms with E-state index < -0.39 is 21.9 Å². The first-order valence-electron chi connectivity index (χ1n) is 11.7. The topological polar surface area (TPSA) is 107 Å². The number of aliphatic hydroxyl groups is 1. The van der Waals surface area contributed by atoms with E-state index in [-0.39, 0.29) is 49.9 Å². The molecule has 0 aliphatic rings. The van der Waals surface area contributed by atoms with Gasteiger partial charge in [-0.15, -0.1) is 0 Å². The van der Waals surface area contributed by atoms with E-state index in [0.717, 1.165) is 11.1 Å². The number of sulfone groups is 1. The monoisotopic (exact) mass is 591 g/mol. The Kier molecular flexibility index (Phi) is 11.2. The molecule has 0 amide bonds. The molecule has 4 aromatic rings. The predicted octanol–water partition coefficient (Wildman–Crippen LogP) is 1.73. The van der Waals surface area contributed by atoms with Crippen molar-refractivity contribution in [3.63, 3.8) is 0 Å². The fourth-order valence-corrected chi connectivity index (χ4v) is 5.83. The third-order valence-corrected chi connectivity index (χ3v) is 8.37. The Balaban J connectivity index is 0.00000420. The maximum Gasteiger partial charge on any atom is 1.00 e. The summed E-state index contributed by atoms with van der Waals surface area (Å²) in [6.45, 7) is 0.959. The van der Waals surface area contributed by atoms with E-state index in [1.165, 1.54) is 24.3 Å². The summed E-state index contributed by atoms with van der Waals surface area (Å²) >= 11 is 12.4. The van der Waals surface area contributed by atoms with E-state index in [4.69, 9.17) is 23.2 Å². The van der Waals surface area contributed by atoms with Crippen molar-refractivity contribution in [1.29, 1.82) is 0 Å².